The number of Topliss-reactive ketones (excluding diaryl/α,β-unsaturated/α-hetero) is 1. The largest absolute Gasteiger partial charge is 0.378 e. The summed E-state index contributed by atoms with van der Waals surface area (Å²) in [4.78, 5) is 14.1. The molecule has 0 spiro atoms. The van der Waals surface area contributed by atoms with Crippen LogP contribution in [0.3, 0.4) is 0 Å². The number of hydrogen-bond donors (Lipinski definition) is 0. The van der Waals surface area contributed by atoms with Crippen molar-refractivity contribution < 1.29 is 4.79 Å². The third-order valence-electron chi connectivity index (χ3n) is 3.19. The molecule has 2 rings (SSSR count). The first-order valence-electron chi connectivity index (χ1n) is 6.51. The van der Waals surface area contributed by atoms with Crippen molar-refractivity contribution in [3.63, 3.8) is 0 Å². The lowest BCUT2D eigenvalue weighted by Gasteiger charge is -2.12. The van der Waals surface area contributed by atoms with Gasteiger partial charge in [-0.05, 0) is 24.1 Å². The summed E-state index contributed by atoms with van der Waals surface area (Å²) < 4.78 is 0. The molecule has 0 atom stereocenters. The highest BCUT2D eigenvalue weighted by molar-refractivity contribution is 5.96. The lowest BCUT2D eigenvalue weighted by atomic mass is 10.0. The maximum atomic E-state index is 12.0. The Hall–Kier alpha value is -2.09. The normalized spacial score (nSPS) is 10.2. The quantitative estimate of drug-likeness (QED) is 0.759. The van der Waals surface area contributed by atoms with E-state index in [4.69, 9.17) is 0 Å². The third kappa shape index (κ3) is 3.68. The summed E-state index contributed by atoms with van der Waals surface area (Å²) in [7, 11) is 4.04. The van der Waals surface area contributed by atoms with Gasteiger partial charge in [0.15, 0.2) is 5.78 Å². The van der Waals surface area contributed by atoms with E-state index < -0.39 is 0 Å². The molecule has 0 saturated carbocycles. The van der Waals surface area contributed by atoms with Gasteiger partial charge in [0.2, 0.25) is 0 Å². The molecule has 19 heavy (non-hydrogen) atoms. The average molecular weight is 253 g/mol. The van der Waals surface area contributed by atoms with Crippen molar-refractivity contribution >= 4 is 11.5 Å². The van der Waals surface area contributed by atoms with Gasteiger partial charge in [0.25, 0.3) is 0 Å². The minimum Gasteiger partial charge on any atom is -0.378 e. The monoisotopic (exact) mass is 253 g/mol. The van der Waals surface area contributed by atoms with Crippen LogP contribution >= 0.6 is 0 Å². The Bertz CT molecular complexity index is 529. The van der Waals surface area contributed by atoms with Gasteiger partial charge in [0.1, 0.15) is 0 Å². The van der Waals surface area contributed by atoms with E-state index in [9.17, 15) is 4.79 Å². The van der Waals surface area contributed by atoms with E-state index in [1.807, 2.05) is 44.4 Å². The van der Waals surface area contributed by atoms with Crippen molar-refractivity contribution in [3.8, 4) is 0 Å². The maximum absolute atomic E-state index is 12.0. The molecule has 98 valence electrons. The summed E-state index contributed by atoms with van der Waals surface area (Å²) in [6.07, 6.45) is 1.35. The van der Waals surface area contributed by atoms with E-state index in [1.165, 1.54) is 11.3 Å². The number of carbonyl (C=O) groups is 1. The molecular formula is C17H19NO. The molecule has 0 bridgehead atoms. The molecule has 0 saturated heterocycles. The highest BCUT2D eigenvalue weighted by Gasteiger charge is 2.05. The fourth-order valence-electron chi connectivity index (χ4n) is 1.99. The summed E-state index contributed by atoms with van der Waals surface area (Å²) in [5, 5.41) is 0. The van der Waals surface area contributed by atoms with Gasteiger partial charge in [-0.2, -0.15) is 0 Å². The highest BCUT2D eigenvalue weighted by Crippen LogP contribution is 2.14. The Kier molecular flexibility index (Phi) is 4.35. The molecular weight excluding hydrogens is 234 g/mol. The van der Waals surface area contributed by atoms with Crippen LogP contribution in [0.5, 0.6) is 0 Å². The SMILES string of the molecule is CN(C)c1ccc(CCC(=O)c2ccccc2)cc1. The van der Waals surface area contributed by atoms with E-state index in [-0.39, 0.29) is 5.78 Å². The number of hydrogen-bond acceptors (Lipinski definition) is 2. The second-order valence-electron chi connectivity index (χ2n) is 4.85. The lowest BCUT2D eigenvalue weighted by Crippen LogP contribution is -2.08. The van der Waals surface area contributed by atoms with Crippen molar-refractivity contribution in [2.75, 3.05) is 19.0 Å². The first kappa shape index (κ1) is 13.3. The number of carbonyl (C=O) groups excluding carboxylic acids is 1. The second kappa shape index (κ2) is 6.19. The molecule has 0 N–H and O–H groups in total. The van der Waals surface area contributed by atoms with Crippen molar-refractivity contribution in [1.82, 2.24) is 0 Å². The van der Waals surface area contributed by atoms with E-state index >= 15 is 0 Å². The predicted octanol–water partition coefficient (Wildman–Crippen LogP) is 3.57. The molecule has 0 aliphatic rings. The van der Waals surface area contributed by atoms with Crippen molar-refractivity contribution in [2.24, 2.45) is 0 Å². The number of aryl methyl sites for hydroxylation is 1. The minimum atomic E-state index is 0.206. The van der Waals surface area contributed by atoms with Crippen LogP contribution in [-0.2, 0) is 6.42 Å². The fourth-order valence-corrected chi connectivity index (χ4v) is 1.99. The lowest BCUT2D eigenvalue weighted by molar-refractivity contribution is 0.0983. The zero-order valence-corrected chi connectivity index (χ0v) is 11.5. The van der Waals surface area contributed by atoms with E-state index in [1.54, 1.807) is 0 Å². The molecule has 2 aromatic rings. The minimum absolute atomic E-state index is 0.206. The first-order chi connectivity index (χ1) is 9.16. The Morgan fingerprint density at radius 2 is 1.58 bits per heavy atom. The Morgan fingerprint density at radius 3 is 2.16 bits per heavy atom. The molecule has 0 amide bonds. The van der Waals surface area contributed by atoms with Gasteiger partial charge in [-0.25, -0.2) is 0 Å². The van der Waals surface area contributed by atoms with Crippen molar-refractivity contribution in [2.45, 2.75) is 12.8 Å². The molecule has 0 aliphatic carbocycles. The Morgan fingerprint density at radius 1 is 0.947 bits per heavy atom. The summed E-state index contributed by atoms with van der Waals surface area (Å²) >= 11 is 0. The van der Waals surface area contributed by atoms with Crippen LogP contribution in [0.1, 0.15) is 22.3 Å². The van der Waals surface area contributed by atoms with Gasteiger partial charge in [0, 0.05) is 31.8 Å². The van der Waals surface area contributed by atoms with Gasteiger partial charge in [0.05, 0.1) is 0 Å². The van der Waals surface area contributed by atoms with E-state index in [0.29, 0.717) is 6.42 Å². The molecule has 2 nitrogen and oxygen atoms in total. The zero-order chi connectivity index (χ0) is 13.7. The zero-order valence-electron chi connectivity index (χ0n) is 11.5. The van der Waals surface area contributed by atoms with Crippen molar-refractivity contribution in [1.29, 1.82) is 0 Å². The van der Waals surface area contributed by atoms with Crippen LogP contribution in [0.2, 0.25) is 0 Å². The number of benzene rings is 2. The smallest absolute Gasteiger partial charge is 0.163 e. The average Bonchev–Trinajstić information content (AvgIpc) is 2.46. The number of nitrogens with zero attached hydrogens (tertiary/aromatic N) is 1. The highest BCUT2D eigenvalue weighted by atomic mass is 16.1. The number of ketones is 1. The van der Waals surface area contributed by atoms with E-state index in [0.717, 1.165) is 12.0 Å². The molecule has 0 aliphatic heterocycles. The molecule has 0 fully saturated rings. The second-order valence-corrected chi connectivity index (χ2v) is 4.85. The van der Waals surface area contributed by atoms with Crippen LogP contribution < -0.4 is 4.90 Å². The van der Waals surface area contributed by atoms with Gasteiger partial charge in [-0.1, -0.05) is 42.5 Å². The topological polar surface area (TPSA) is 20.3 Å². The standard InChI is InChI=1S/C17H19NO/c1-18(2)16-11-8-14(9-12-16)10-13-17(19)15-6-4-3-5-7-15/h3-9,11-12H,10,13H2,1-2H3. The fraction of sp³-hybridized carbons (Fsp3) is 0.235. The predicted molar refractivity (Wildman–Crippen MR) is 79.9 cm³/mol. The van der Waals surface area contributed by atoms with Crippen LogP contribution in [0.25, 0.3) is 0 Å². The van der Waals surface area contributed by atoms with Crippen LogP contribution in [0.4, 0.5) is 5.69 Å². The molecule has 0 aromatic heterocycles. The molecule has 2 aromatic carbocycles. The van der Waals surface area contributed by atoms with Crippen LogP contribution in [0, 0.1) is 0 Å². The van der Waals surface area contributed by atoms with E-state index in [2.05, 4.69) is 29.2 Å². The number of anilines is 1. The number of rotatable bonds is 5. The summed E-state index contributed by atoms with van der Waals surface area (Å²) in [5.74, 6) is 0.206. The molecule has 0 unspecified atom stereocenters. The van der Waals surface area contributed by atoms with Gasteiger partial charge >= 0.3 is 0 Å². The van der Waals surface area contributed by atoms with Crippen molar-refractivity contribution in [3.05, 3.63) is 65.7 Å². The third-order valence-corrected chi connectivity index (χ3v) is 3.19. The van der Waals surface area contributed by atoms with Gasteiger partial charge in [-0.3, -0.25) is 4.79 Å². The molecule has 0 radical (unpaired) electrons. The molecule has 2 heteroatoms. The first-order valence-corrected chi connectivity index (χ1v) is 6.51. The summed E-state index contributed by atoms with van der Waals surface area (Å²) in [5.41, 5.74) is 3.18. The maximum Gasteiger partial charge on any atom is 0.163 e. The summed E-state index contributed by atoms with van der Waals surface area (Å²) in [6.45, 7) is 0. The van der Waals surface area contributed by atoms with Gasteiger partial charge < -0.3 is 4.90 Å². The van der Waals surface area contributed by atoms with Crippen LogP contribution in [0.15, 0.2) is 54.6 Å². The summed E-state index contributed by atoms with van der Waals surface area (Å²) in [6, 6.07) is 17.8. The Labute approximate surface area is 114 Å². The van der Waals surface area contributed by atoms with Crippen LogP contribution in [-0.4, -0.2) is 19.9 Å². The molecule has 0 heterocycles. The Balaban J connectivity index is 1.94. The van der Waals surface area contributed by atoms with Gasteiger partial charge in [-0.15, -0.1) is 0 Å².